The van der Waals surface area contributed by atoms with E-state index in [4.69, 9.17) is 17.4 Å². The van der Waals surface area contributed by atoms with E-state index < -0.39 is 0 Å². The van der Waals surface area contributed by atoms with Gasteiger partial charge in [0.2, 0.25) is 0 Å². The van der Waals surface area contributed by atoms with E-state index in [2.05, 4.69) is 32.5 Å². The van der Waals surface area contributed by atoms with Gasteiger partial charge < -0.3 is 0 Å². The number of aromatic nitrogens is 2. The number of benzene rings is 1. The molecule has 0 saturated heterocycles. The summed E-state index contributed by atoms with van der Waals surface area (Å²) in [6.45, 7) is 3.97. The van der Waals surface area contributed by atoms with Crippen molar-refractivity contribution in [3.05, 3.63) is 50.2 Å². The van der Waals surface area contributed by atoms with Crippen LogP contribution in [0.1, 0.15) is 28.6 Å². The first-order chi connectivity index (χ1) is 9.43. The monoisotopic (exact) mass is 356 g/mol. The highest BCUT2D eigenvalue weighted by molar-refractivity contribution is 9.10. The van der Waals surface area contributed by atoms with Gasteiger partial charge in [0.05, 0.1) is 21.9 Å². The van der Waals surface area contributed by atoms with Gasteiger partial charge in [-0.2, -0.15) is 5.10 Å². The fourth-order valence-corrected chi connectivity index (χ4v) is 2.87. The summed E-state index contributed by atoms with van der Waals surface area (Å²) >= 11 is 9.65. The molecule has 1 atom stereocenters. The Kier molecular flexibility index (Phi) is 4.86. The molecule has 4 nitrogen and oxygen atoms in total. The highest BCUT2D eigenvalue weighted by Crippen LogP contribution is 2.27. The van der Waals surface area contributed by atoms with Gasteiger partial charge in [-0.25, -0.2) is 0 Å². The molecule has 3 N–H and O–H groups in total. The number of hydrazine groups is 1. The van der Waals surface area contributed by atoms with E-state index in [1.54, 1.807) is 0 Å². The van der Waals surface area contributed by atoms with Crippen LogP contribution in [-0.4, -0.2) is 9.78 Å². The van der Waals surface area contributed by atoms with Crippen LogP contribution in [0.2, 0.25) is 5.02 Å². The number of nitrogens with two attached hydrogens (primary N) is 1. The van der Waals surface area contributed by atoms with Crippen LogP contribution < -0.4 is 11.3 Å². The fraction of sp³-hybridized carbons (Fsp3) is 0.357. The molecule has 20 heavy (non-hydrogen) atoms. The molecule has 0 radical (unpaired) electrons. The summed E-state index contributed by atoms with van der Waals surface area (Å²) in [4.78, 5) is 0. The number of aryl methyl sites for hydroxylation is 3. The maximum Gasteiger partial charge on any atom is 0.0738 e. The molecule has 1 unspecified atom stereocenters. The lowest BCUT2D eigenvalue weighted by Crippen LogP contribution is -2.30. The summed E-state index contributed by atoms with van der Waals surface area (Å²) in [6, 6.07) is 5.97. The van der Waals surface area contributed by atoms with Crippen LogP contribution in [0, 0.1) is 13.8 Å². The van der Waals surface area contributed by atoms with Crippen molar-refractivity contribution in [1.29, 1.82) is 0 Å². The Hall–Kier alpha value is -0.880. The molecule has 1 aromatic heterocycles. The van der Waals surface area contributed by atoms with Crippen molar-refractivity contribution in [1.82, 2.24) is 15.2 Å². The van der Waals surface area contributed by atoms with Gasteiger partial charge in [0.25, 0.3) is 0 Å². The standard InChI is InChI=1S/C14H18BrClN4/c1-8-6-10(4-5-11(8)16)12(18-17)7-13-14(15)9(2)19-20(13)3/h4-6,12,18H,7,17H2,1-3H3. The SMILES string of the molecule is Cc1cc(C(Cc2c(Br)c(C)nn2C)NN)ccc1Cl. The van der Waals surface area contributed by atoms with Gasteiger partial charge >= 0.3 is 0 Å². The number of rotatable bonds is 4. The number of nitrogens with zero attached hydrogens (tertiary/aromatic N) is 2. The summed E-state index contributed by atoms with van der Waals surface area (Å²) in [5.41, 5.74) is 7.12. The number of nitrogens with one attached hydrogen (secondary N) is 1. The zero-order valence-corrected chi connectivity index (χ0v) is 14.1. The van der Waals surface area contributed by atoms with Crippen molar-refractivity contribution >= 4 is 27.5 Å². The second kappa shape index (κ2) is 6.26. The van der Waals surface area contributed by atoms with Crippen molar-refractivity contribution < 1.29 is 0 Å². The summed E-state index contributed by atoms with van der Waals surface area (Å²) in [5, 5.41) is 5.17. The Morgan fingerprint density at radius 3 is 2.65 bits per heavy atom. The van der Waals surface area contributed by atoms with Gasteiger partial charge in [-0.3, -0.25) is 16.0 Å². The number of hydrogen-bond acceptors (Lipinski definition) is 3. The van der Waals surface area contributed by atoms with E-state index in [0.717, 1.165) is 38.4 Å². The summed E-state index contributed by atoms with van der Waals surface area (Å²) in [7, 11) is 1.94. The molecule has 0 amide bonds. The van der Waals surface area contributed by atoms with Crippen LogP contribution in [0.4, 0.5) is 0 Å². The number of halogens is 2. The quantitative estimate of drug-likeness (QED) is 0.652. The van der Waals surface area contributed by atoms with Crippen molar-refractivity contribution in [3.63, 3.8) is 0 Å². The molecule has 108 valence electrons. The first kappa shape index (κ1) is 15.5. The van der Waals surface area contributed by atoms with Crippen molar-refractivity contribution in [2.75, 3.05) is 0 Å². The summed E-state index contributed by atoms with van der Waals surface area (Å²) in [6.07, 6.45) is 0.746. The third kappa shape index (κ3) is 3.06. The maximum atomic E-state index is 6.07. The van der Waals surface area contributed by atoms with Crippen molar-refractivity contribution in [2.45, 2.75) is 26.3 Å². The molecule has 6 heteroatoms. The number of hydrogen-bond donors (Lipinski definition) is 2. The van der Waals surface area contributed by atoms with Gasteiger partial charge in [-0.05, 0) is 47.0 Å². The molecular formula is C14H18BrClN4. The molecule has 1 aromatic carbocycles. The fourth-order valence-electron chi connectivity index (χ4n) is 2.25. The van der Waals surface area contributed by atoms with Crippen LogP contribution in [0.5, 0.6) is 0 Å². The molecule has 0 bridgehead atoms. The van der Waals surface area contributed by atoms with Crippen LogP contribution in [0.15, 0.2) is 22.7 Å². The average molecular weight is 358 g/mol. The minimum atomic E-state index is 0.0112. The van der Waals surface area contributed by atoms with Crippen LogP contribution in [0.25, 0.3) is 0 Å². The summed E-state index contributed by atoms with van der Waals surface area (Å²) < 4.78 is 2.91. The molecule has 0 aliphatic rings. The van der Waals surface area contributed by atoms with E-state index >= 15 is 0 Å². The van der Waals surface area contributed by atoms with Crippen LogP contribution in [-0.2, 0) is 13.5 Å². The van der Waals surface area contributed by atoms with E-state index in [0.29, 0.717) is 0 Å². The third-order valence-corrected chi connectivity index (χ3v) is 4.90. The van der Waals surface area contributed by atoms with E-state index in [-0.39, 0.29) is 6.04 Å². The average Bonchev–Trinajstić information content (AvgIpc) is 2.65. The topological polar surface area (TPSA) is 55.9 Å². The van der Waals surface area contributed by atoms with Crippen molar-refractivity contribution in [3.8, 4) is 0 Å². The molecule has 0 aliphatic heterocycles. The smallest absolute Gasteiger partial charge is 0.0738 e. The van der Waals surface area contributed by atoms with E-state index in [1.807, 2.05) is 37.7 Å². The first-order valence-electron chi connectivity index (χ1n) is 6.34. The first-order valence-corrected chi connectivity index (χ1v) is 7.51. The lowest BCUT2D eigenvalue weighted by atomic mass is 10.0. The van der Waals surface area contributed by atoms with Gasteiger partial charge in [0.15, 0.2) is 0 Å². The third-order valence-electron chi connectivity index (χ3n) is 3.44. The minimum absolute atomic E-state index is 0.0112. The van der Waals surface area contributed by atoms with Crippen LogP contribution in [0.3, 0.4) is 0 Å². The highest BCUT2D eigenvalue weighted by Gasteiger charge is 2.17. The maximum absolute atomic E-state index is 6.07. The molecule has 2 rings (SSSR count). The van der Waals surface area contributed by atoms with Gasteiger partial charge in [-0.15, -0.1) is 0 Å². The van der Waals surface area contributed by atoms with Crippen LogP contribution >= 0.6 is 27.5 Å². The van der Waals surface area contributed by atoms with E-state index in [1.165, 1.54) is 0 Å². The molecule has 2 aromatic rings. The molecule has 0 fully saturated rings. The Morgan fingerprint density at radius 1 is 1.45 bits per heavy atom. The molecule has 0 aliphatic carbocycles. The lowest BCUT2D eigenvalue weighted by molar-refractivity contribution is 0.529. The van der Waals surface area contributed by atoms with Crippen molar-refractivity contribution in [2.24, 2.45) is 12.9 Å². The minimum Gasteiger partial charge on any atom is -0.271 e. The largest absolute Gasteiger partial charge is 0.271 e. The highest BCUT2D eigenvalue weighted by atomic mass is 79.9. The normalized spacial score (nSPS) is 12.7. The Labute approximate surface area is 132 Å². The molecule has 1 heterocycles. The zero-order valence-electron chi connectivity index (χ0n) is 11.7. The van der Waals surface area contributed by atoms with Gasteiger partial charge in [-0.1, -0.05) is 23.7 Å². The van der Waals surface area contributed by atoms with Gasteiger partial charge in [0.1, 0.15) is 0 Å². The predicted octanol–water partition coefficient (Wildman–Crippen LogP) is 3.20. The Balaban J connectivity index is 2.31. The molecule has 0 spiro atoms. The van der Waals surface area contributed by atoms with Gasteiger partial charge in [0, 0.05) is 18.5 Å². The molecule has 0 saturated carbocycles. The lowest BCUT2D eigenvalue weighted by Gasteiger charge is -2.17. The predicted molar refractivity (Wildman–Crippen MR) is 85.6 cm³/mol. The second-order valence-corrected chi connectivity index (χ2v) is 6.10. The van der Waals surface area contributed by atoms with E-state index in [9.17, 15) is 0 Å². The molecular weight excluding hydrogens is 340 g/mol. The Morgan fingerprint density at radius 2 is 2.15 bits per heavy atom. The second-order valence-electron chi connectivity index (χ2n) is 4.90. The summed E-state index contributed by atoms with van der Waals surface area (Å²) in [5.74, 6) is 5.72. The Bertz CT molecular complexity index is 624. The zero-order chi connectivity index (χ0) is 14.9.